The summed E-state index contributed by atoms with van der Waals surface area (Å²) >= 11 is 0. The molecule has 0 saturated carbocycles. The zero-order chi connectivity index (χ0) is 20.0. The van der Waals surface area contributed by atoms with E-state index in [1.807, 2.05) is 13.8 Å². The summed E-state index contributed by atoms with van der Waals surface area (Å²) in [4.78, 5) is 26.5. The zero-order valence-electron chi connectivity index (χ0n) is 16.1. The van der Waals surface area contributed by atoms with E-state index in [0.29, 0.717) is 0 Å². The van der Waals surface area contributed by atoms with E-state index in [9.17, 15) is 18.0 Å². The highest BCUT2D eigenvalue weighted by Gasteiger charge is 2.33. The Morgan fingerprint density at radius 1 is 1.19 bits per heavy atom. The quantitative estimate of drug-likeness (QED) is 0.712. The number of sulfonamides is 1. The summed E-state index contributed by atoms with van der Waals surface area (Å²) in [6.07, 6.45) is 1.94. The predicted molar refractivity (Wildman–Crippen MR) is 101 cm³/mol. The van der Waals surface area contributed by atoms with Crippen LogP contribution >= 0.6 is 0 Å². The molecular weight excluding hydrogens is 368 g/mol. The van der Waals surface area contributed by atoms with Gasteiger partial charge in [-0.15, -0.1) is 0 Å². The van der Waals surface area contributed by atoms with Crippen molar-refractivity contribution in [3.8, 4) is 0 Å². The van der Waals surface area contributed by atoms with Crippen molar-refractivity contribution in [3.05, 3.63) is 30.3 Å². The second-order valence-corrected chi connectivity index (χ2v) is 8.73. The van der Waals surface area contributed by atoms with Crippen molar-refractivity contribution in [2.45, 2.75) is 69.5 Å². The first-order valence-corrected chi connectivity index (χ1v) is 10.8. The molecule has 7 nitrogen and oxygen atoms in total. The Labute approximate surface area is 161 Å². The number of nitrogens with one attached hydrogen (secondary N) is 1. The standard InChI is InChI=1S/C19H28N2O5S/c1-14-8-7-9-15(2)21(14)19(23)16(3)26-18(22)12-13-20-27(24,25)17-10-5-4-6-11-17/h4-6,10-11,14-16,20H,7-9,12-13H2,1-3H3/t14-,15+,16-/m0/s1. The number of rotatable bonds is 7. The highest BCUT2D eigenvalue weighted by Crippen LogP contribution is 2.23. The largest absolute Gasteiger partial charge is 0.452 e. The number of benzene rings is 1. The van der Waals surface area contributed by atoms with E-state index in [0.717, 1.165) is 19.3 Å². The molecule has 0 unspecified atom stereocenters. The van der Waals surface area contributed by atoms with Crippen LogP contribution in [-0.4, -0.2) is 49.9 Å². The lowest BCUT2D eigenvalue weighted by Crippen LogP contribution is -2.51. The van der Waals surface area contributed by atoms with Crippen LogP contribution in [0.5, 0.6) is 0 Å². The molecule has 1 saturated heterocycles. The average molecular weight is 397 g/mol. The third-order valence-corrected chi connectivity index (χ3v) is 6.26. The van der Waals surface area contributed by atoms with Crippen LogP contribution in [0.1, 0.15) is 46.5 Å². The predicted octanol–water partition coefficient (Wildman–Crippen LogP) is 2.08. The lowest BCUT2D eigenvalue weighted by atomic mass is 9.97. The van der Waals surface area contributed by atoms with Gasteiger partial charge in [0.2, 0.25) is 10.0 Å². The van der Waals surface area contributed by atoms with E-state index in [2.05, 4.69) is 4.72 Å². The molecule has 0 aliphatic carbocycles. The molecule has 27 heavy (non-hydrogen) atoms. The van der Waals surface area contributed by atoms with Crippen LogP contribution in [-0.2, 0) is 24.3 Å². The first-order valence-electron chi connectivity index (χ1n) is 9.28. The Morgan fingerprint density at radius 3 is 2.37 bits per heavy atom. The maximum absolute atomic E-state index is 12.6. The monoisotopic (exact) mass is 396 g/mol. The Balaban J connectivity index is 1.82. The number of nitrogens with zero attached hydrogens (tertiary/aromatic N) is 1. The van der Waals surface area contributed by atoms with E-state index in [1.165, 1.54) is 12.1 Å². The molecule has 1 heterocycles. The van der Waals surface area contributed by atoms with Gasteiger partial charge in [-0.1, -0.05) is 18.2 Å². The summed E-state index contributed by atoms with van der Waals surface area (Å²) in [5.74, 6) is -0.808. The zero-order valence-corrected chi connectivity index (χ0v) is 16.9. The molecule has 2 rings (SSSR count). The van der Waals surface area contributed by atoms with Crippen molar-refractivity contribution in [2.24, 2.45) is 0 Å². The number of likely N-dealkylation sites (tertiary alicyclic amines) is 1. The molecule has 8 heteroatoms. The number of hydrogen-bond acceptors (Lipinski definition) is 5. The van der Waals surface area contributed by atoms with E-state index >= 15 is 0 Å². The number of amides is 1. The van der Waals surface area contributed by atoms with Gasteiger partial charge in [-0.05, 0) is 52.2 Å². The van der Waals surface area contributed by atoms with Crippen LogP contribution in [0.3, 0.4) is 0 Å². The van der Waals surface area contributed by atoms with Gasteiger partial charge in [0.15, 0.2) is 6.10 Å². The van der Waals surface area contributed by atoms with Crippen LogP contribution < -0.4 is 4.72 Å². The topological polar surface area (TPSA) is 92.8 Å². The van der Waals surface area contributed by atoms with E-state index in [-0.39, 0.29) is 35.9 Å². The van der Waals surface area contributed by atoms with Gasteiger partial charge < -0.3 is 9.64 Å². The van der Waals surface area contributed by atoms with Crippen molar-refractivity contribution in [2.75, 3.05) is 6.54 Å². The molecule has 1 aliphatic rings. The van der Waals surface area contributed by atoms with Crippen LogP contribution in [0.15, 0.2) is 35.2 Å². The number of esters is 1. The Bertz CT molecular complexity index is 741. The van der Waals surface area contributed by atoms with Gasteiger partial charge in [-0.25, -0.2) is 13.1 Å². The van der Waals surface area contributed by atoms with Gasteiger partial charge in [0.25, 0.3) is 5.91 Å². The number of carbonyl (C=O) groups is 2. The second-order valence-electron chi connectivity index (χ2n) is 6.97. The summed E-state index contributed by atoms with van der Waals surface area (Å²) < 4.78 is 31.8. The molecule has 0 bridgehead atoms. The molecule has 1 aliphatic heterocycles. The molecule has 1 aromatic rings. The van der Waals surface area contributed by atoms with Gasteiger partial charge in [0.05, 0.1) is 11.3 Å². The molecule has 1 aromatic carbocycles. The fourth-order valence-corrected chi connectivity index (χ4v) is 4.40. The molecule has 1 fully saturated rings. The molecule has 1 N–H and O–H groups in total. The van der Waals surface area contributed by atoms with E-state index < -0.39 is 22.1 Å². The third kappa shape index (κ3) is 5.77. The molecule has 0 aromatic heterocycles. The fourth-order valence-electron chi connectivity index (χ4n) is 3.34. The van der Waals surface area contributed by atoms with Gasteiger partial charge >= 0.3 is 5.97 Å². The highest BCUT2D eigenvalue weighted by molar-refractivity contribution is 7.89. The van der Waals surface area contributed by atoms with E-state index in [1.54, 1.807) is 30.0 Å². The summed E-state index contributed by atoms with van der Waals surface area (Å²) in [7, 11) is -3.67. The van der Waals surface area contributed by atoms with Crippen molar-refractivity contribution in [1.82, 2.24) is 9.62 Å². The Morgan fingerprint density at radius 2 is 1.78 bits per heavy atom. The van der Waals surface area contributed by atoms with E-state index in [4.69, 9.17) is 4.74 Å². The Hall–Kier alpha value is -1.93. The molecule has 1 amide bonds. The second kappa shape index (κ2) is 9.32. The molecular formula is C19H28N2O5S. The lowest BCUT2D eigenvalue weighted by Gasteiger charge is -2.40. The van der Waals surface area contributed by atoms with Crippen LogP contribution in [0.2, 0.25) is 0 Å². The summed E-state index contributed by atoms with van der Waals surface area (Å²) in [6.45, 7) is 5.47. The van der Waals surface area contributed by atoms with Crippen LogP contribution in [0.25, 0.3) is 0 Å². The van der Waals surface area contributed by atoms with Crippen molar-refractivity contribution in [3.63, 3.8) is 0 Å². The van der Waals surface area contributed by atoms with Crippen molar-refractivity contribution >= 4 is 21.9 Å². The van der Waals surface area contributed by atoms with Gasteiger partial charge in [-0.3, -0.25) is 9.59 Å². The van der Waals surface area contributed by atoms with Crippen LogP contribution in [0.4, 0.5) is 0 Å². The number of piperidine rings is 1. The van der Waals surface area contributed by atoms with Crippen LogP contribution in [0, 0.1) is 0 Å². The normalized spacial score (nSPS) is 21.5. The third-order valence-electron chi connectivity index (χ3n) is 4.78. The highest BCUT2D eigenvalue weighted by atomic mass is 32.2. The smallest absolute Gasteiger partial charge is 0.307 e. The molecule has 150 valence electrons. The van der Waals surface area contributed by atoms with Gasteiger partial charge in [0, 0.05) is 18.6 Å². The summed E-state index contributed by atoms with van der Waals surface area (Å²) in [5.41, 5.74) is 0. The molecule has 3 atom stereocenters. The van der Waals surface area contributed by atoms with Crippen molar-refractivity contribution < 1.29 is 22.7 Å². The minimum atomic E-state index is -3.67. The summed E-state index contributed by atoms with van der Waals surface area (Å²) in [5, 5.41) is 0. The number of ether oxygens (including phenoxy) is 1. The number of carbonyl (C=O) groups excluding carboxylic acids is 2. The maximum atomic E-state index is 12.6. The number of hydrogen-bond donors (Lipinski definition) is 1. The first-order chi connectivity index (χ1) is 12.7. The van der Waals surface area contributed by atoms with Crippen molar-refractivity contribution in [1.29, 1.82) is 0 Å². The molecule has 0 spiro atoms. The summed E-state index contributed by atoms with van der Waals surface area (Å²) in [6, 6.07) is 8.17. The van der Waals surface area contributed by atoms with Gasteiger partial charge in [0.1, 0.15) is 0 Å². The molecule has 0 radical (unpaired) electrons. The minimum Gasteiger partial charge on any atom is -0.452 e. The average Bonchev–Trinajstić information content (AvgIpc) is 2.62. The SMILES string of the molecule is C[C@H](OC(=O)CCNS(=O)(=O)c1ccccc1)C(=O)N1[C@H](C)CCC[C@@H]1C. The fraction of sp³-hybridized carbons (Fsp3) is 0.579. The Kier molecular flexibility index (Phi) is 7.38. The van der Waals surface area contributed by atoms with Gasteiger partial charge in [-0.2, -0.15) is 0 Å². The minimum absolute atomic E-state index is 0.0898. The lowest BCUT2D eigenvalue weighted by molar-refractivity contribution is -0.162. The first kappa shape index (κ1) is 21.4. The maximum Gasteiger partial charge on any atom is 0.307 e.